The van der Waals surface area contributed by atoms with Crippen LogP contribution in [0.25, 0.3) is 0 Å². The monoisotopic (exact) mass is 232 g/mol. The van der Waals surface area contributed by atoms with Gasteiger partial charge in [0, 0.05) is 12.5 Å². The molecule has 88 valence electrons. The Morgan fingerprint density at radius 2 is 1.76 bits per heavy atom. The van der Waals surface area contributed by atoms with Crippen LogP contribution in [0.3, 0.4) is 0 Å². The highest BCUT2D eigenvalue weighted by Crippen LogP contribution is 2.07. The molecule has 0 saturated carbocycles. The van der Waals surface area contributed by atoms with Crippen LogP contribution < -0.4 is 0 Å². The van der Waals surface area contributed by atoms with E-state index < -0.39 is 11.8 Å². The standard InChI is InChI=1S/C13H12O4/c1-9(17-10(2)14)12(15)8-13(16)11-6-4-3-5-7-11/h3-7H,1,8H2,2H3. The van der Waals surface area contributed by atoms with E-state index in [1.54, 1.807) is 30.3 Å². The van der Waals surface area contributed by atoms with E-state index in [1.807, 2.05) is 0 Å². The Kier molecular flexibility index (Phi) is 4.34. The zero-order chi connectivity index (χ0) is 12.8. The summed E-state index contributed by atoms with van der Waals surface area (Å²) >= 11 is 0. The summed E-state index contributed by atoms with van der Waals surface area (Å²) in [6.07, 6.45) is -0.351. The Bertz CT molecular complexity index is 460. The third-order valence-electron chi connectivity index (χ3n) is 1.99. The van der Waals surface area contributed by atoms with Crippen molar-refractivity contribution in [3.63, 3.8) is 0 Å². The number of carbonyl (C=O) groups excluding carboxylic acids is 3. The van der Waals surface area contributed by atoms with Gasteiger partial charge in [0.25, 0.3) is 0 Å². The van der Waals surface area contributed by atoms with E-state index in [9.17, 15) is 14.4 Å². The van der Waals surface area contributed by atoms with Crippen LogP contribution in [0.1, 0.15) is 23.7 Å². The summed E-state index contributed by atoms with van der Waals surface area (Å²) < 4.78 is 4.51. The van der Waals surface area contributed by atoms with Gasteiger partial charge in [-0.15, -0.1) is 0 Å². The molecule has 0 unspecified atom stereocenters. The van der Waals surface area contributed by atoms with Gasteiger partial charge in [-0.2, -0.15) is 0 Å². The third-order valence-corrected chi connectivity index (χ3v) is 1.99. The Hall–Kier alpha value is -2.23. The number of hydrogen-bond donors (Lipinski definition) is 0. The second kappa shape index (κ2) is 5.75. The number of ether oxygens (including phenoxy) is 1. The van der Waals surface area contributed by atoms with Crippen LogP contribution in [0.15, 0.2) is 42.7 Å². The smallest absolute Gasteiger partial charge is 0.308 e. The van der Waals surface area contributed by atoms with Gasteiger partial charge in [-0.25, -0.2) is 0 Å². The van der Waals surface area contributed by atoms with Gasteiger partial charge < -0.3 is 4.74 Å². The number of Topliss-reactive ketones (excluding diaryl/α,β-unsaturated/α-hetero) is 2. The number of hydrogen-bond acceptors (Lipinski definition) is 4. The Balaban J connectivity index is 2.61. The summed E-state index contributed by atoms with van der Waals surface area (Å²) in [5.41, 5.74) is 0.441. The molecule has 0 N–H and O–H groups in total. The maximum absolute atomic E-state index is 11.6. The Morgan fingerprint density at radius 1 is 1.18 bits per heavy atom. The molecule has 1 aromatic carbocycles. The highest BCUT2D eigenvalue weighted by atomic mass is 16.5. The summed E-state index contributed by atoms with van der Waals surface area (Å²) in [4.78, 5) is 33.7. The highest BCUT2D eigenvalue weighted by Gasteiger charge is 2.16. The molecule has 1 aromatic rings. The quantitative estimate of drug-likeness (QED) is 0.256. The summed E-state index contributed by atoms with van der Waals surface area (Å²) in [6.45, 7) is 4.46. The second-order valence-electron chi connectivity index (χ2n) is 3.41. The summed E-state index contributed by atoms with van der Waals surface area (Å²) in [5, 5.41) is 0. The van der Waals surface area contributed by atoms with E-state index in [-0.39, 0.29) is 18.0 Å². The normalized spacial score (nSPS) is 9.47. The van der Waals surface area contributed by atoms with Crippen LogP contribution in [-0.4, -0.2) is 17.5 Å². The first-order valence-electron chi connectivity index (χ1n) is 4.99. The summed E-state index contributed by atoms with van der Waals surface area (Å²) in [7, 11) is 0. The van der Waals surface area contributed by atoms with E-state index in [0.29, 0.717) is 5.56 Å². The molecule has 4 nitrogen and oxygen atoms in total. The van der Waals surface area contributed by atoms with Gasteiger partial charge in [0.1, 0.15) is 0 Å². The van der Waals surface area contributed by atoms with Crippen molar-refractivity contribution in [2.75, 3.05) is 0 Å². The average Bonchev–Trinajstić information content (AvgIpc) is 2.29. The molecule has 17 heavy (non-hydrogen) atoms. The molecule has 0 aliphatic carbocycles. The maximum Gasteiger partial charge on any atom is 0.308 e. The Labute approximate surface area is 98.9 Å². The van der Waals surface area contributed by atoms with E-state index in [2.05, 4.69) is 11.3 Å². The molecule has 0 aliphatic rings. The van der Waals surface area contributed by atoms with Gasteiger partial charge in [-0.1, -0.05) is 36.9 Å². The largest absolute Gasteiger partial charge is 0.424 e. The van der Waals surface area contributed by atoms with Crippen molar-refractivity contribution in [1.82, 2.24) is 0 Å². The van der Waals surface area contributed by atoms with Crippen LogP contribution >= 0.6 is 0 Å². The van der Waals surface area contributed by atoms with E-state index >= 15 is 0 Å². The van der Waals surface area contributed by atoms with Crippen molar-refractivity contribution in [2.45, 2.75) is 13.3 Å². The number of allylic oxidation sites excluding steroid dienone is 1. The first-order valence-corrected chi connectivity index (χ1v) is 4.99. The fraction of sp³-hybridized carbons (Fsp3) is 0.154. The van der Waals surface area contributed by atoms with Gasteiger partial charge in [-0.05, 0) is 0 Å². The second-order valence-corrected chi connectivity index (χ2v) is 3.41. The van der Waals surface area contributed by atoms with Crippen LogP contribution in [0.4, 0.5) is 0 Å². The first-order chi connectivity index (χ1) is 8.00. The molecule has 0 aliphatic heterocycles. The molecule has 0 aromatic heterocycles. The van der Waals surface area contributed by atoms with Crippen molar-refractivity contribution in [3.8, 4) is 0 Å². The fourth-order valence-electron chi connectivity index (χ4n) is 1.20. The predicted molar refractivity (Wildman–Crippen MR) is 61.3 cm³/mol. The molecule has 0 saturated heterocycles. The summed E-state index contributed by atoms with van der Waals surface area (Å²) in [6, 6.07) is 8.42. The van der Waals surface area contributed by atoms with Crippen LogP contribution in [0.2, 0.25) is 0 Å². The lowest BCUT2D eigenvalue weighted by Gasteiger charge is -2.03. The number of esters is 1. The minimum absolute atomic E-state index is 0.304. The predicted octanol–water partition coefficient (Wildman–Crippen LogP) is 1.91. The lowest BCUT2D eigenvalue weighted by atomic mass is 10.1. The van der Waals surface area contributed by atoms with Crippen molar-refractivity contribution in [2.24, 2.45) is 0 Å². The topological polar surface area (TPSA) is 60.4 Å². The Morgan fingerprint density at radius 3 is 2.29 bits per heavy atom. The molecule has 4 heteroatoms. The van der Waals surface area contributed by atoms with Gasteiger partial charge in [0.05, 0.1) is 6.42 Å². The van der Waals surface area contributed by atoms with E-state index in [4.69, 9.17) is 0 Å². The van der Waals surface area contributed by atoms with Crippen LogP contribution in [-0.2, 0) is 14.3 Å². The molecule has 0 heterocycles. The zero-order valence-electron chi connectivity index (χ0n) is 9.43. The van der Waals surface area contributed by atoms with Crippen LogP contribution in [0.5, 0.6) is 0 Å². The molecule has 0 radical (unpaired) electrons. The minimum Gasteiger partial charge on any atom is -0.424 e. The molecule has 1 rings (SSSR count). The van der Waals surface area contributed by atoms with E-state index in [0.717, 1.165) is 6.92 Å². The van der Waals surface area contributed by atoms with Crippen molar-refractivity contribution < 1.29 is 19.1 Å². The molecular formula is C13H12O4. The SMILES string of the molecule is C=C(OC(C)=O)C(=O)CC(=O)c1ccccc1. The lowest BCUT2D eigenvalue weighted by Crippen LogP contribution is -2.13. The maximum atomic E-state index is 11.6. The van der Waals surface area contributed by atoms with Gasteiger partial charge in [0.15, 0.2) is 11.5 Å². The molecule has 0 atom stereocenters. The number of benzene rings is 1. The average molecular weight is 232 g/mol. The van der Waals surface area contributed by atoms with Crippen LogP contribution in [0, 0.1) is 0 Å². The molecular weight excluding hydrogens is 220 g/mol. The zero-order valence-corrected chi connectivity index (χ0v) is 9.43. The fourth-order valence-corrected chi connectivity index (χ4v) is 1.20. The van der Waals surface area contributed by atoms with Crippen molar-refractivity contribution in [1.29, 1.82) is 0 Å². The summed E-state index contributed by atoms with van der Waals surface area (Å²) in [5.74, 6) is -1.85. The molecule has 0 fully saturated rings. The molecule has 0 spiro atoms. The molecule has 0 bridgehead atoms. The molecule has 0 amide bonds. The van der Waals surface area contributed by atoms with Crippen molar-refractivity contribution >= 4 is 17.5 Å². The number of carbonyl (C=O) groups is 3. The van der Waals surface area contributed by atoms with Crippen molar-refractivity contribution in [3.05, 3.63) is 48.2 Å². The van der Waals surface area contributed by atoms with Gasteiger partial charge in [0.2, 0.25) is 5.78 Å². The highest BCUT2D eigenvalue weighted by molar-refractivity contribution is 6.12. The number of ketones is 2. The van der Waals surface area contributed by atoms with Gasteiger partial charge in [-0.3, -0.25) is 14.4 Å². The third kappa shape index (κ3) is 4.03. The van der Waals surface area contributed by atoms with E-state index in [1.165, 1.54) is 0 Å². The lowest BCUT2D eigenvalue weighted by molar-refractivity contribution is -0.140. The van der Waals surface area contributed by atoms with Gasteiger partial charge >= 0.3 is 5.97 Å². The number of rotatable bonds is 5. The first kappa shape index (κ1) is 12.8. The minimum atomic E-state index is -0.629.